The normalized spacial score (nSPS) is 11.2. The Morgan fingerprint density at radius 1 is 0.974 bits per heavy atom. The number of nitrogens with zero attached hydrogens (tertiary/aromatic N) is 1. The van der Waals surface area contributed by atoms with E-state index >= 15 is 0 Å². The third-order valence-corrected chi connectivity index (χ3v) is 6.48. The maximum Gasteiger partial charge on any atom is 0.490 e. The summed E-state index contributed by atoms with van der Waals surface area (Å²) in [7, 11) is 1.69. The number of alkyl halides is 3. The molecule has 0 aliphatic rings. The van der Waals surface area contributed by atoms with E-state index in [1.54, 1.807) is 18.4 Å². The molecule has 0 radical (unpaired) electrons. The van der Waals surface area contributed by atoms with Gasteiger partial charge in [-0.1, -0.05) is 42.5 Å². The molecule has 0 bridgehead atoms. The van der Waals surface area contributed by atoms with Gasteiger partial charge < -0.3 is 20.1 Å². The summed E-state index contributed by atoms with van der Waals surface area (Å²) in [5.41, 5.74) is 7.02. The average Bonchev–Trinajstić information content (AvgIpc) is 3.57. The first-order valence-corrected chi connectivity index (χ1v) is 12.4. The van der Waals surface area contributed by atoms with Gasteiger partial charge in [0.05, 0.1) is 23.0 Å². The molecule has 5 rings (SSSR count). The molecule has 0 spiro atoms. The summed E-state index contributed by atoms with van der Waals surface area (Å²) in [6.45, 7) is 1.64. The molecule has 0 saturated heterocycles. The number of hydrogen-bond donors (Lipinski definition) is 3. The monoisotopic (exact) mass is 539 g/mol. The zero-order valence-corrected chi connectivity index (χ0v) is 21.1. The van der Waals surface area contributed by atoms with Crippen molar-refractivity contribution in [3.8, 4) is 27.6 Å². The number of carbonyl (C=O) groups is 1. The van der Waals surface area contributed by atoms with Crippen LogP contribution < -0.4 is 10.1 Å². The molecule has 3 aromatic carbocycles. The Labute approximate surface area is 220 Å². The highest BCUT2D eigenvalue weighted by molar-refractivity contribution is 7.13. The summed E-state index contributed by atoms with van der Waals surface area (Å²) >= 11 is 1.72. The van der Waals surface area contributed by atoms with Crippen molar-refractivity contribution in [2.45, 2.75) is 19.3 Å². The predicted molar refractivity (Wildman–Crippen MR) is 142 cm³/mol. The SMILES string of the molecule is COc1ccc(CNCc2cccc(-c3csc(-c4nc5ccccc5[nH]4)c3)c2)cc1.O=C(O)C(F)(F)F. The van der Waals surface area contributed by atoms with Crippen molar-refractivity contribution in [2.24, 2.45) is 0 Å². The maximum atomic E-state index is 10.6. The standard InChI is InChI=1S/C26H23N3OS.C2HF3O2/c1-30-22-11-9-18(10-12-22)15-27-16-19-5-4-6-20(13-19)21-14-25(31-17-21)26-28-23-7-2-3-8-24(23)29-26;3-2(4,5)1(6)7/h2-14,17,27H,15-16H2,1H3,(H,28,29);(H,6,7). The number of halogens is 3. The topological polar surface area (TPSA) is 87.2 Å². The highest BCUT2D eigenvalue weighted by atomic mass is 32.1. The van der Waals surface area contributed by atoms with Gasteiger partial charge in [-0.05, 0) is 64.0 Å². The molecule has 0 saturated carbocycles. The molecular formula is C28H24F3N3O3S. The summed E-state index contributed by atoms with van der Waals surface area (Å²) < 4.78 is 37.0. The van der Waals surface area contributed by atoms with Crippen molar-refractivity contribution in [1.29, 1.82) is 0 Å². The van der Waals surface area contributed by atoms with Gasteiger partial charge in [-0.2, -0.15) is 13.2 Å². The van der Waals surface area contributed by atoms with Crippen LogP contribution in [0.2, 0.25) is 0 Å². The molecule has 0 atom stereocenters. The highest BCUT2D eigenvalue weighted by Gasteiger charge is 2.38. The summed E-state index contributed by atoms with van der Waals surface area (Å²) in [5, 5.41) is 12.9. The number of hydrogen-bond acceptors (Lipinski definition) is 5. The Hall–Kier alpha value is -4.15. The fourth-order valence-electron chi connectivity index (χ4n) is 3.64. The zero-order chi connectivity index (χ0) is 27.1. The number of fused-ring (bicyclic) bond motifs is 1. The molecule has 0 aliphatic carbocycles. The van der Waals surface area contributed by atoms with E-state index in [0.29, 0.717) is 0 Å². The number of carboxylic acid groups (broad SMARTS) is 1. The summed E-state index contributed by atoms with van der Waals surface area (Å²) in [6.07, 6.45) is -5.08. The Bertz CT molecular complexity index is 1480. The van der Waals surface area contributed by atoms with Gasteiger partial charge in [-0.15, -0.1) is 11.3 Å². The second-order valence-corrected chi connectivity index (χ2v) is 9.17. The number of carboxylic acids is 1. The molecule has 2 aromatic heterocycles. The molecule has 2 heterocycles. The third kappa shape index (κ3) is 6.99. The van der Waals surface area contributed by atoms with Crippen molar-refractivity contribution in [3.05, 3.63) is 95.4 Å². The van der Waals surface area contributed by atoms with E-state index in [4.69, 9.17) is 19.6 Å². The molecule has 0 aliphatic heterocycles. The van der Waals surface area contributed by atoms with Crippen LogP contribution in [-0.2, 0) is 17.9 Å². The number of para-hydroxylation sites is 2. The quantitative estimate of drug-likeness (QED) is 0.210. The first-order valence-electron chi connectivity index (χ1n) is 11.5. The molecule has 6 nitrogen and oxygen atoms in total. The molecular weight excluding hydrogens is 515 g/mol. The second-order valence-electron chi connectivity index (χ2n) is 8.26. The number of imidazole rings is 1. The van der Waals surface area contributed by atoms with Crippen LogP contribution in [0.25, 0.3) is 32.9 Å². The number of nitrogens with one attached hydrogen (secondary N) is 2. The van der Waals surface area contributed by atoms with Gasteiger partial charge in [0.25, 0.3) is 0 Å². The summed E-state index contributed by atoms with van der Waals surface area (Å²) in [5.74, 6) is -0.948. The minimum absolute atomic E-state index is 0.820. The van der Waals surface area contributed by atoms with E-state index in [-0.39, 0.29) is 0 Å². The molecule has 3 N–H and O–H groups in total. The lowest BCUT2D eigenvalue weighted by molar-refractivity contribution is -0.192. The van der Waals surface area contributed by atoms with Crippen LogP contribution >= 0.6 is 11.3 Å². The summed E-state index contributed by atoms with van der Waals surface area (Å²) in [4.78, 5) is 18.2. The number of thiophene rings is 1. The van der Waals surface area contributed by atoms with Crippen molar-refractivity contribution in [3.63, 3.8) is 0 Å². The maximum absolute atomic E-state index is 10.6. The number of methoxy groups -OCH3 is 1. The van der Waals surface area contributed by atoms with Crippen LogP contribution in [0.1, 0.15) is 11.1 Å². The van der Waals surface area contributed by atoms with Crippen LogP contribution in [-0.4, -0.2) is 34.3 Å². The van der Waals surface area contributed by atoms with E-state index in [1.807, 2.05) is 30.3 Å². The second kappa shape index (κ2) is 11.9. The van der Waals surface area contributed by atoms with Crippen LogP contribution in [0, 0.1) is 0 Å². The number of aromatic nitrogens is 2. The highest BCUT2D eigenvalue weighted by Crippen LogP contribution is 2.32. The van der Waals surface area contributed by atoms with Crippen LogP contribution in [0.3, 0.4) is 0 Å². The zero-order valence-electron chi connectivity index (χ0n) is 20.3. The van der Waals surface area contributed by atoms with Crippen molar-refractivity contribution in [1.82, 2.24) is 15.3 Å². The minimum Gasteiger partial charge on any atom is -0.497 e. The third-order valence-electron chi connectivity index (χ3n) is 5.54. The average molecular weight is 540 g/mol. The van der Waals surface area contributed by atoms with Crippen LogP contribution in [0.4, 0.5) is 13.2 Å². The van der Waals surface area contributed by atoms with Gasteiger partial charge in [0.1, 0.15) is 11.6 Å². The number of ether oxygens (including phenoxy) is 1. The lowest BCUT2D eigenvalue weighted by Gasteiger charge is -2.07. The molecule has 10 heteroatoms. The molecule has 38 heavy (non-hydrogen) atoms. The van der Waals surface area contributed by atoms with E-state index in [9.17, 15) is 13.2 Å². The molecule has 196 valence electrons. The molecule has 5 aromatic rings. The number of H-pyrrole nitrogens is 1. The van der Waals surface area contributed by atoms with Crippen molar-refractivity contribution < 1.29 is 27.8 Å². The predicted octanol–water partition coefficient (Wildman–Crippen LogP) is 6.89. The van der Waals surface area contributed by atoms with Crippen LogP contribution in [0.15, 0.2) is 84.2 Å². The fourth-order valence-corrected chi connectivity index (χ4v) is 4.50. The molecule has 0 unspecified atom stereocenters. The Kier molecular flexibility index (Phi) is 8.45. The number of rotatable bonds is 7. The fraction of sp³-hybridized carbons (Fsp3) is 0.143. The Morgan fingerprint density at radius 3 is 2.37 bits per heavy atom. The smallest absolute Gasteiger partial charge is 0.490 e. The van der Waals surface area contributed by atoms with Gasteiger partial charge >= 0.3 is 12.1 Å². The van der Waals surface area contributed by atoms with E-state index < -0.39 is 12.1 Å². The van der Waals surface area contributed by atoms with Crippen LogP contribution in [0.5, 0.6) is 5.75 Å². The summed E-state index contributed by atoms with van der Waals surface area (Å²) in [6, 6.07) is 27.2. The Balaban J connectivity index is 0.000000426. The minimum atomic E-state index is -5.08. The van der Waals surface area contributed by atoms with Gasteiger partial charge in [0.2, 0.25) is 0 Å². The lowest BCUT2D eigenvalue weighted by atomic mass is 10.1. The first kappa shape index (κ1) is 26.9. The van der Waals surface area contributed by atoms with E-state index in [2.05, 4.69) is 64.2 Å². The van der Waals surface area contributed by atoms with E-state index in [1.165, 1.54) is 22.3 Å². The van der Waals surface area contributed by atoms with E-state index in [0.717, 1.165) is 40.6 Å². The van der Waals surface area contributed by atoms with Gasteiger partial charge in [-0.3, -0.25) is 0 Å². The lowest BCUT2D eigenvalue weighted by Crippen LogP contribution is -2.21. The number of benzene rings is 3. The number of aliphatic carboxylic acids is 1. The first-order chi connectivity index (χ1) is 18.2. The van der Waals surface area contributed by atoms with Crippen molar-refractivity contribution >= 4 is 28.3 Å². The van der Waals surface area contributed by atoms with Crippen molar-refractivity contribution in [2.75, 3.05) is 7.11 Å². The largest absolute Gasteiger partial charge is 0.497 e. The van der Waals surface area contributed by atoms with Gasteiger partial charge in [0.15, 0.2) is 0 Å². The number of aromatic amines is 1. The molecule has 0 amide bonds. The Morgan fingerprint density at radius 2 is 1.68 bits per heavy atom. The van der Waals surface area contributed by atoms with Gasteiger partial charge in [0, 0.05) is 13.1 Å². The molecule has 0 fully saturated rings. The van der Waals surface area contributed by atoms with Gasteiger partial charge in [-0.25, -0.2) is 9.78 Å².